The normalized spacial score (nSPS) is 24.0. The van der Waals surface area contributed by atoms with Crippen LogP contribution in [0.5, 0.6) is 0 Å². The van der Waals surface area contributed by atoms with Crippen molar-refractivity contribution in [2.75, 3.05) is 47.3 Å². The van der Waals surface area contributed by atoms with Crippen LogP contribution < -0.4 is 5.32 Å². The lowest BCUT2D eigenvalue weighted by Gasteiger charge is -2.22. The second kappa shape index (κ2) is 12.3. The van der Waals surface area contributed by atoms with E-state index in [9.17, 15) is 0 Å². The second-order valence-electron chi connectivity index (χ2n) is 7.75. The van der Waals surface area contributed by atoms with Crippen molar-refractivity contribution in [2.45, 2.75) is 57.8 Å². The van der Waals surface area contributed by atoms with Gasteiger partial charge in [-0.3, -0.25) is 4.99 Å². The Labute approximate surface area is 166 Å². The minimum Gasteiger partial charge on any atom is -0.356 e. The van der Waals surface area contributed by atoms with Gasteiger partial charge in [0.2, 0.25) is 0 Å². The van der Waals surface area contributed by atoms with Crippen molar-refractivity contribution in [2.24, 2.45) is 16.8 Å². The summed E-state index contributed by atoms with van der Waals surface area (Å²) in [6.07, 6.45) is 12.4. The molecule has 0 bridgehead atoms. The molecule has 0 aromatic rings. The van der Waals surface area contributed by atoms with E-state index in [1.54, 1.807) is 0 Å². The van der Waals surface area contributed by atoms with Gasteiger partial charge in [0.25, 0.3) is 0 Å². The Kier molecular flexibility index (Phi) is 11.3. The Hall–Kier alpha value is -0.0400. The monoisotopic (exact) mass is 450 g/mol. The molecule has 0 spiro atoms. The van der Waals surface area contributed by atoms with Gasteiger partial charge in [0.1, 0.15) is 0 Å². The molecule has 2 fully saturated rings. The van der Waals surface area contributed by atoms with E-state index in [-0.39, 0.29) is 24.0 Å². The number of hydrogen-bond acceptors (Lipinski definition) is 2. The number of fused-ring (bicyclic) bond motifs is 1. The van der Waals surface area contributed by atoms with E-state index in [4.69, 9.17) is 0 Å². The van der Waals surface area contributed by atoms with Crippen molar-refractivity contribution < 1.29 is 0 Å². The number of hydrogen-bond donors (Lipinski definition) is 1. The summed E-state index contributed by atoms with van der Waals surface area (Å²) in [6.45, 7) is 4.76. The van der Waals surface area contributed by atoms with Crippen LogP contribution in [0.25, 0.3) is 0 Å². The van der Waals surface area contributed by atoms with E-state index >= 15 is 0 Å². The van der Waals surface area contributed by atoms with Gasteiger partial charge < -0.3 is 15.1 Å². The number of nitrogens with one attached hydrogen (secondary N) is 1. The third kappa shape index (κ3) is 7.46. The summed E-state index contributed by atoms with van der Waals surface area (Å²) < 4.78 is 0. The van der Waals surface area contributed by atoms with Crippen LogP contribution in [0.1, 0.15) is 57.8 Å². The third-order valence-corrected chi connectivity index (χ3v) is 5.55. The van der Waals surface area contributed by atoms with E-state index in [0.717, 1.165) is 24.3 Å². The largest absolute Gasteiger partial charge is 0.356 e. The molecule has 1 saturated carbocycles. The lowest BCUT2D eigenvalue weighted by Crippen LogP contribution is -2.40. The number of unbranched alkanes of at least 4 members (excludes halogenated alkanes) is 4. The molecule has 5 heteroatoms. The SMILES string of the molecule is CN=C(NCCCCCCCN(C)C)N1CC2CCCCC2C1.I. The quantitative estimate of drug-likeness (QED) is 0.264. The molecule has 0 aromatic heterocycles. The van der Waals surface area contributed by atoms with Gasteiger partial charge in [-0.2, -0.15) is 0 Å². The van der Waals surface area contributed by atoms with E-state index in [0.29, 0.717) is 0 Å². The summed E-state index contributed by atoms with van der Waals surface area (Å²) in [5, 5.41) is 3.60. The number of aliphatic imine (C=N–C) groups is 1. The molecular formula is C19H39IN4. The third-order valence-electron chi connectivity index (χ3n) is 5.55. The van der Waals surface area contributed by atoms with Crippen LogP contribution in [0.4, 0.5) is 0 Å². The molecule has 2 aliphatic rings. The first-order valence-corrected chi connectivity index (χ1v) is 9.81. The molecule has 1 heterocycles. The first-order chi connectivity index (χ1) is 11.2. The van der Waals surface area contributed by atoms with Gasteiger partial charge in [-0.15, -0.1) is 24.0 Å². The van der Waals surface area contributed by atoms with E-state index < -0.39 is 0 Å². The molecular weight excluding hydrogens is 411 g/mol. The zero-order chi connectivity index (χ0) is 16.5. The number of guanidine groups is 1. The fourth-order valence-electron chi connectivity index (χ4n) is 4.19. The zero-order valence-corrected chi connectivity index (χ0v) is 18.4. The van der Waals surface area contributed by atoms with Crippen LogP contribution in [0.15, 0.2) is 4.99 Å². The molecule has 0 aromatic carbocycles. The summed E-state index contributed by atoms with van der Waals surface area (Å²) in [6, 6.07) is 0. The smallest absolute Gasteiger partial charge is 0.193 e. The van der Waals surface area contributed by atoms with E-state index in [2.05, 4.69) is 34.2 Å². The first-order valence-electron chi connectivity index (χ1n) is 9.81. The number of likely N-dealkylation sites (tertiary alicyclic amines) is 1. The molecule has 1 N–H and O–H groups in total. The average molecular weight is 450 g/mol. The summed E-state index contributed by atoms with van der Waals surface area (Å²) in [4.78, 5) is 9.31. The zero-order valence-electron chi connectivity index (χ0n) is 16.1. The molecule has 4 nitrogen and oxygen atoms in total. The first kappa shape index (κ1) is 22.0. The molecule has 142 valence electrons. The highest BCUT2D eigenvalue weighted by Gasteiger charge is 2.35. The summed E-state index contributed by atoms with van der Waals surface area (Å²) in [7, 11) is 6.25. The van der Waals surface area contributed by atoms with Crippen molar-refractivity contribution in [1.29, 1.82) is 0 Å². The summed E-state index contributed by atoms with van der Waals surface area (Å²) >= 11 is 0. The van der Waals surface area contributed by atoms with Crippen LogP contribution in [0, 0.1) is 11.8 Å². The lowest BCUT2D eigenvalue weighted by molar-refractivity contribution is 0.299. The maximum atomic E-state index is 4.52. The highest BCUT2D eigenvalue weighted by Crippen LogP contribution is 2.35. The molecule has 1 saturated heterocycles. The average Bonchev–Trinajstić information content (AvgIpc) is 2.97. The Balaban J connectivity index is 0.00000288. The van der Waals surface area contributed by atoms with Crippen molar-refractivity contribution in [3.8, 4) is 0 Å². The van der Waals surface area contributed by atoms with Crippen LogP contribution >= 0.6 is 24.0 Å². The predicted molar refractivity (Wildman–Crippen MR) is 115 cm³/mol. The fraction of sp³-hybridized carbons (Fsp3) is 0.947. The molecule has 1 aliphatic carbocycles. The van der Waals surface area contributed by atoms with Crippen LogP contribution in [0.3, 0.4) is 0 Å². The van der Waals surface area contributed by atoms with E-state index in [1.165, 1.54) is 77.4 Å². The van der Waals surface area contributed by atoms with Gasteiger partial charge in [0.05, 0.1) is 0 Å². The Morgan fingerprint density at radius 1 is 1.00 bits per heavy atom. The van der Waals surface area contributed by atoms with Gasteiger partial charge in [-0.05, 0) is 58.2 Å². The maximum Gasteiger partial charge on any atom is 0.193 e. The van der Waals surface area contributed by atoms with Crippen molar-refractivity contribution >= 4 is 29.9 Å². The highest BCUT2D eigenvalue weighted by atomic mass is 127. The molecule has 0 radical (unpaired) electrons. The predicted octanol–water partition coefficient (Wildman–Crippen LogP) is 3.81. The van der Waals surface area contributed by atoms with E-state index in [1.807, 2.05) is 7.05 Å². The Morgan fingerprint density at radius 3 is 2.17 bits per heavy atom. The van der Waals surface area contributed by atoms with Crippen LogP contribution in [-0.4, -0.2) is 63.1 Å². The lowest BCUT2D eigenvalue weighted by atomic mass is 9.82. The maximum absolute atomic E-state index is 4.52. The van der Waals surface area contributed by atoms with Crippen LogP contribution in [-0.2, 0) is 0 Å². The molecule has 2 unspecified atom stereocenters. The molecule has 0 amide bonds. The number of rotatable bonds is 8. The Bertz CT molecular complexity index is 345. The van der Waals surface area contributed by atoms with Crippen molar-refractivity contribution in [1.82, 2.24) is 15.1 Å². The van der Waals surface area contributed by atoms with Gasteiger partial charge in [0, 0.05) is 26.7 Å². The molecule has 24 heavy (non-hydrogen) atoms. The van der Waals surface area contributed by atoms with Crippen molar-refractivity contribution in [3.05, 3.63) is 0 Å². The number of nitrogens with zero attached hydrogens (tertiary/aromatic N) is 3. The van der Waals surface area contributed by atoms with Gasteiger partial charge in [-0.1, -0.05) is 32.1 Å². The standard InChI is InChI=1S/C19H38N4.HI/c1-20-19(21-13-9-5-4-6-10-14-22(2)3)23-15-17-11-7-8-12-18(17)16-23;/h17-18H,4-16H2,1-3H3,(H,20,21);1H. The second-order valence-corrected chi connectivity index (χ2v) is 7.75. The minimum absolute atomic E-state index is 0. The van der Waals surface area contributed by atoms with Gasteiger partial charge in [0.15, 0.2) is 5.96 Å². The fourth-order valence-corrected chi connectivity index (χ4v) is 4.19. The highest BCUT2D eigenvalue weighted by molar-refractivity contribution is 14.0. The van der Waals surface area contributed by atoms with Gasteiger partial charge >= 0.3 is 0 Å². The van der Waals surface area contributed by atoms with Gasteiger partial charge in [-0.25, -0.2) is 0 Å². The summed E-state index contributed by atoms with van der Waals surface area (Å²) in [5.41, 5.74) is 0. The molecule has 2 rings (SSSR count). The Morgan fingerprint density at radius 2 is 1.58 bits per heavy atom. The summed E-state index contributed by atoms with van der Waals surface area (Å²) in [5.74, 6) is 3.00. The van der Waals surface area contributed by atoms with Crippen molar-refractivity contribution in [3.63, 3.8) is 0 Å². The minimum atomic E-state index is 0. The number of halogens is 1. The topological polar surface area (TPSA) is 30.9 Å². The molecule has 2 atom stereocenters. The molecule has 1 aliphatic heterocycles. The van der Waals surface area contributed by atoms with Crippen LogP contribution in [0.2, 0.25) is 0 Å².